The summed E-state index contributed by atoms with van der Waals surface area (Å²) in [5, 5.41) is 0.112. The van der Waals surface area contributed by atoms with Gasteiger partial charge in [-0.15, -0.1) is 0 Å². The summed E-state index contributed by atoms with van der Waals surface area (Å²) in [6.45, 7) is 16.1. The van der Waals surface area contributed by atoms with E-state index in [1.807, 2.05) is 4.57 Å². The first kappa shape index (κ1) is 22.4. The molecular weight excluding hydrogens is 374 g/mol. The number of amides is 1. The third-order valence-electron chi connectivity index (χ3n) is 5.70. The van der Waals surface area contributed by atoms with E-state index in [0.717, 1.165) is 19.1 Å². The number of aldehydes is 1. The molecule has 1 amide bonds. The van der Waals surface area contributed by atoms with E-state index in [1.54, 1.807) is 23.5 Å². The molecule has 0 aromatic carbocycles. The van der Waals surface area contributed by atoms with Crippen LogP contribution in [0.2, 0.25) is 18.1 Å². The van der Waals surface area contributed by atoms with E-state index in [4.69, 9.17) is 9.16 Å². The zero-order valence-corrected chi connectivity index (χ0v) is 18.7. The van der Waals surface area contributed by atoms with Gasteiger partial charge in [0.15, 0.2) is 14.6 Å². The van der Waals surface area contributed by atoms with Crippen LogP contribution >= 0.6 is 0 Å². The molecule has 0 saturated carbocycles. The van der Waals surface area contributed by atoms with Crippen molar-refractivity contribution in [2.24, 2.45) is 0 Å². The van der Waals surface area contributed by atoms with E-state index in [9.17, 15) is 9.59 Å². The topological polar surface area (TPSA) is 73.7 Å². The number of imidazole rings is 1. The summed E-state index contributed by atoms with van der Waals surface area (Å²) in [7, 11) is -1.93. The van der Waals surface area contributed by atoms with Crippen LogP contribution in [-0.4, -0.2) is 60.4 Å². The molecule has 0 unspecified atom stereocenters. The maximum Gasteiger partial charge on any atom is 0.410 e. The van der Waals surface area contributed by atoms with E-state index in [0.29, 0.717) is 18.8 Å². The van der Waals surface area contributed by atoms with Crippen molar-refractivity contribution in [2.45, 2.75) is 70.4 Å². The summed E-state index contributed by atoms with van der Waals surface area (Å²) < 4.78 is 13.7. The number of rotatable bonds is 8. The summed E-state index contributed by atoms with van der Waals surface area (Å²) in [4.78, 5) is 29.1. The number of hydrogen-bond donors (Lipinski definition) is 0. The van der Waals surface area contributed by atoms with Gasteiger partial charge in [-0.1, -0.05) is 33.4 Å². The Morgan fingerprint density at radius 1 is 1.43 bits per heavy atom. The predicted octanol–water partition coefficient (Wildman–Crippen LogP) is 3.87. The third-order valence-corrected chi connectivity index (χ3v) is 10.2. The summed E-state index contributed by atoms with van der Waals surface area (Å²) in [6.07, 6.45) is 6.86. The van der Waals surface area contributed by atoms with Gasteiger partial charge in [0, 0.05) is 25.3 Å². The molecule has 2 atom stereocenters. The Kier molecular flexibility index (Phi) is 7.22. The van der Waals surface area contributed by atoms with Crippen molar-refractivity contribution in [1.29, 1.82) is 0 Å². The van der Waals surface area contributed by atoms with Gasteiger partial charge >= 0.3 is 6.09 Å². The predicted molar refractivity (Wildman–Crippen MR) is 111 cm³/mol. The van der Waals surface area contributed by atoms with E-state index in [2.05, 4.69) is 45.4 Å². The monoisotopic (exact) mass is 407 g/mol. The van der Waals surface area contributed by atoms with Gasteiger partial charge in [0.1, 0.15) is 12.3 Å². The van der Waals surface area contributed by atoms with Crippen molar-refractivity contribution in [2.75, 3.05) is 13.2 Å². The summed E-state index contributed by atoms with van der Waals surface area (Å²) >= 11 is 0. The van der Waals surface area contributed by atoms with Crippen molar-refractivity contribution in [3.63, 3.8) is 0 Å². The first-order valence-corrected chi connectivity index (χ1v) is 12.7. The highest BCUT2D eigenvalue weighted by Crippen LogP contribution is 2.39. The second kappa shape index (κ2) is 9.04. The highest BCUT2D eigenvalue weighted by atomic mass is 28.4. The van der Waals surface area contributed by atoms with Crippen molar-refractivity contribution in [3.05, 3.63) is 30.9 Å². The Bertz CT molecular complexity index is 696. The fourth-order valence-corrected chi connectivity index (χ4v) is 4.48. The lowest BCUT2D eigenvalue weighted by atomic mass is 10.1. The van der Waals surface area contributed by atoms with Crippen LogP contribution in [0.4, 0.5) is 4.79 Å². The Morgan fingerprint density at radius 2 is 2.14 bits per heavy atom. The number of aryl methyl sites for hydroxylation is 1. The van der Waals surface area contributed by atoms with Gasteiger partial charge < -0.3 is 18.6 Å². The van der Waals surface area contributed by atoms with Gasteiger partial charge in [-0.3, -0.25) is 4.79 Å². The fraction of sp³-hybridized carbons (Fsp3) is 0.650. The van der Waals surface area contributed by atoms with Crippen LogP contribution in [0.25, 0.3) is 0 Å². The van der Waals surface area contributed by atoms with Crippen molar-refractivity contribution in [3.8, 4) is 0 Å². The molecular formula is C20H33N3O4Si. The third kappa shape index (κ3) is 5.54. The van der Waals surface area contributed by atoms with E-state index >= 15 is 0 Å². The van der Waals surface area contributed by atoms with Crippen LogP contribution in [-0.2, 0) is 15.7 Å². The molecule has 2 heterocycles. The molecule has 156 valence electrons. The average Bonchev–Trinajstić information content (AvgIpc) is 3.23. The van der Waals surface area contributed by atoms with E-state index in [1.165, 1.54) is 0 Å². The van der Waals surface area contributed by atoms with Gasteiger partial charge in [-0.2, -0.15) is 0 Å². The number of carbonyl (C=O) groups excluding carboxylic acids is 2. The largest absolute Gasteiger partial charge is 0.445 e. The smallest absolute Gasteiger partial charge is 0.410 e. The molecule has 0 radical (unpaired) electrons. The normalized spacial score (nSPS) is 20.2. The molecule has 1 aromatic heterocycles. The van der Waals surface area contributed by atoms with Crippen molar-refractivity contribution < 1.29 is 18.8 Å². The van der Waals surface area contributed by atoms with Crippen molar-refractivity contribution in [1.82, 2.24) is 14.5 Å². The van der Waals surface area contributed by atoms with Crippen LogP contribution in [0.5, 0.6) is 0 Å². The second-order valence-electron chi connectivity index (χ2n) is 8.85. The highest BCUT2D eigenvalue weighted by molar-refractivity contribution is 6.74. The zero-order chi connectivity index (χ0) is 20.9. The Morgan fingerprint density at radius 3 is 2.71 bits per heavy atom. The molecule has 1 aromatic rings. The fourth-order valence-electron chi connectivity index (χ4n) is 3.12. The van der Waals surface area contributed by atoms with Crippen LogP contribution in [0.3, 0.4) is 0 Å². The first-order chi connectivity index (χ1) is 13.1. The van der Waals surface area contributed by atoms with Gasteiger partial charge in [-0.25, -0.2) is 9.78 Å². The van der Waals surface area contributed by atoms with Crippen LogP contribution in [0.1, 0.15) is 44.1 Å². The first-order valence-electron chi connectivity index (χ1n) is 9.76. The van der Waals surface area contributed by atoms with Crippen LogP contribution in [0.15, 0.2) is 25.2 Å². The second-order valence-corrected chi connectivity index (χ2v) is 13.6. The SMILES string of the molecule is C=CCOC(=O)N1C[C@H](O[Si](C)(C)C(C)(C)C)C[C@H]1CCn1cnc(C=O)c1. The van der Waals surface area contributed by atoms with Crippen LogP contribution in [0, 0.1) is 0 Å². The molecule has 0 aliphatic carbocycles. The van der Waals surface area contributed by atoms with Gasteiger partial charge in [0.25, 0.3) is 0 Å². The molecule has 1 aliphatic heterocycles. The average molecular weight is 408 g/mol. The van der Waals surface area contributed by atoms with Gasteiger partial charge in [0.05, 0.1) is 12.4 Å². The number of carbonyl (C=O) groups is 2. The molecule has 0 N–H and O–H groups in total. The standard InChI is InChI=1S/C20H33N3O4Si/c1-7-10-26-19(25)23-13-18(27-28(5,6)20(2,3)4)11-17(23)8-9-22-12-16(14-24)21-15-22/h7,12,14-15,17-18H,1,8-11,13H2,2-6H3/t17-,18-/m1/s1. The minimum absolute atomic E-state index is 0.00972. The quantitative estimate of drug-likeness (QED) is 0.371. The maximum absolute atomic E-state index is 12.5. The molecule has 1 fully saturated rings. The van der Waals surface area contributed by atoms with Crippen molar-refractivity contribution >= 4 is 20.7 Å². The number of likely N-dealkylation sites (tertiary alicyclic amines) is 1. The number of hydrogen-bond acceptors (Lipinski definition) is 5. The molecule has 7 nitrogen and oxygen atoms in total. The Labute approximate surface area is 168 Å². The molecule has 8 heteroatoms. The molecule has 2 rings (SSSR count). The molecule has 28 heavy (non-hydrogen) atoms. The lowest BCUT2D eigenvalue weighted by Crippen LogP contribution is -2.44. The summed E-state index contributed by atoms with van der Waals surface area (Å²) in [5.74, 6) is 0. The minimum Gasteiger partial charge on any atom is -0.445 e. The van der Waals surface area contributed by atoms with E-state index in [-0.39, 0.29) is 29.9 Å². The minimum atomic E-state index is -1.93. The van der Waals surface area contributed by atoms with E-state index < -0.39 is 8.32 Å². The number of ether oxygens (including phenoxy) is 1. The molecule has 0 spiro atoms. The summed E-state index contributed by atoms with van der Waals surface area (Å²) in [6, 6.07) is 0.0224. The lowest BCUT2D eigenvalue weighted by Gasteiger charge is -2.38. The lowest BCUT2D eigenvalue weighted by molar-refractivity contribution is 0.101. The number of aromatic nitrogens is 2. The molecule has 0 bridgehead atoms. The molecule has 1 saturated heterocycles. The highest BCUT2D eigenvalue weighted by Gasteiger charge is 2.43. The Hall–Kier alpha value is -1.93. The summed E-state index contributed by atoms with van der Waals surface area (Å²) in [5.41, 5.74) is 0.410. The number of nitrogens with zero attached hydrogens (tertiary/aromatic N) is 3. The zero-order valence-electron chi connectivity index (χ0n) is 17.7. The molecule has 1 aliphatic rings. The van der Waals surface area contributed by atoms with Gasteiger partial charge in [0.2, 0.25) is 0 Å². The van der Waals surface area contributed by atoms with Gasteiger partial charge in [-0.05, 0) is 31.0 Å². The maximum atomic E-state index is 12.5. The Balaban J connectivity index is 2.06. The van der Waals surface area contributed by atoms with Crippen LogP contribution < -0.4 is 0 Å².